The van der Waals surface area contributed by atoms with Gasteiger partial charge in [0.1, 0.15) is 0 Å². The van der Waals surface area contributed by atoms with E-state index >= 15 is 0 Å². The standard InChI is InChI=1S/C10H22S/c1-7-9(3,4)10(5,8-2)11-6/h7-8H2,1-6H3. The van der Waals surface area contributed by atoms with Crippen molar-refractivity contribution in [1.29, 1.82) is 0 Å². The lowest BCUT2D eigenvalue weighted by Crippen LogP contribution is -2.37. The lowest BCUT2D eigenvalue weighted by atomic mass is 9.75. The third kappa shape index (κ3) is 2.14. The molecule has 0 fully saturated rings. The van der Waals surface area contributed by atoms with Crippen LogP contribution in [-0.2, 0) is 0 Å². The van der Waals surface area contributed by atoms with Gasteiger partial charge < -0.3 is 0 Å². The second kappa shape index (κ2) is 3.84. The van der Waals surface area contributed by atoms with Crippen molar-refractivity contribution in [2.75, 3.05) is 6.26 Å². The van der Waals surface area contributed by atoms with Gasteiger partial charge in [0, 0.05) is 4.75 Å². The molecule has 0 bridgehead atoms. The Morgan fingerprint density at radius 3 is 1.55 bits per heavy atom. The first-order chi connectivity index (χ1) is 4.93. The van der Waals surface area contributed by atoms with Crippen molar-refractivity contribution in [3.8, 4) is 0 Å². The topological polar surface area (TPSA) is 0 Å². The van der Waals surface area contributed by atoms with Crippen molar-refractivity contribution in [3.63, 3.8) is 0 Å². The van der Waals surface area contributed by atoms with Crippen LogP contribution in [0.1, 0.15) is 47.5 Å². The zero-order valence-electron chi connectivity index (χ0n) is 8.82. The number of hydrogen-bond acceptors (Lipinski definition) is 1. The van der Waals surface area contributed by atoms with E-state index in [2.05, 4.69) is 40.9 Å². The van der Waals surface area contributed by atoms with Crippen LogP contribution < -0.4 is 0 Å². The Morgan fingerprint density at radius 2 is 1.45 bits per heavy atom. The highest BCUT2D eigenvalue weighted by Gasteiger charge is 2.37. The summed E-state index contributed by atoms with van der Waals surface area (Å²) in [6.45, 7) is 11.7. The fraction of sp³-hybridized carbons (Fsp3) is 1.00. The third-order valence-corrected chi connectivity index (χ3v) is 5.18. The van der Waals surface area contributed by atoms with Crippen LogP contribution in [0.25, 0.3) is 0 Å². The molecule has 0 aliphatic heterocycles. The summed E-state index contributed by atoms with van der Waals surface area (Å²) in [5.74, 6) is 0. The molecular weight excluding hydrogens is 152 g/mol. The maximum Gasteiger partial charge on any atom is 0.0177 e. The molecule has 0 aromatic carbocycles. The summed E-state index contributed by atoms with van der Waals surface area (Å²) < 4.78 is 0.446. The van der Waals surface area contributed by atoms with Gasteiger partial charge in [-0.1, -0.05) is 27.7 Å². The molecule has 0 aliphatic carbocycles. The molecule has 0 saturated carbocycles. The van der Waals surface area contributed by atoms with E-state index in [0.29, 0.717) is 10.2 Å². The van der Waals surface area contributed by atoms with Gasteiger partial charge in [-0.2, -0.15) is 11.8 Å². The van der Waals surface area contributed by atoms with Crippen molar-refractivity contribution in [2.45, 2.75) is 52.2 Å². The fourth-order valence-corrected chi connectivity index (χ4v) is 2.26. The number of rotatable bonds is 4. The highest BCUT2D eigenvalue weighted by atomic mass is 32.2. The van der Waals surface area contributed by atoms with Crippen LogP contribution in [0.5, 0.6) is 0 Å². The largest absolute Gasteiger partial charge is 0.158 e. The van der Waals surface area contributed by atoms with Gasteiger partial charge in [0.05, 0.1) is 0 Å². The highest BCUT2D eigenvalue weighted by Crippen LogP contribution is 2.45. The second-order valence-corrected chi connectivity index (χ2v) is 5.34. The van der Waals surface area contributed by atoms with Crippen molar-refractivity contribution in [2.24, 2.45) is 5.41 Å². The van der Waals surface area contributed by atoms with Crippen LogP contribution >= 0.6 is 11.8 Å². The van der Waals surface area contributed by atoms with Gasteiger partial charge in [-0.15, -0.1) is 0 Å². The van der Waals surface area contributed by atoms with Crippen LogP contribution in [0.15, 0.2) is 0 Å². The summed E-state index contributed by atoms with van der Waals surface area (Å²) in [5.41, 5.74) is 0.459. The molecule has 1 unspecified atom stereocenters. The predicted octanol–water partition coefficient (Wildman–Crippen LogP) is 3.95. The van der Waals surface area contributed by atoms with Gasteiger partial charge in [-0.05, 0) is 31.4 Å². The average molecular weight is 174 g/mol. The van der Waals surface area contributed by atoms with Gasteiger partial charge >= 0.3 is 0 Å². The molecule has 0 N–H and O–H groups in total. The summed E-state index contributed by atoms with van der Waals surface area (Å²) in [6.07, 6.45) is 4.74. The van der Waals surface area contributed by atoms with Gasteiger partial charge in [-0.25, -0.2) is 0 Å². The maximum atomic E-state index is 2.38. The molecule has 0 radical (unpaired) electrons. The first-order valence-corrected chi connectivity index (χ1v) is 5.71. The number of thioether (sulfide) groups is 1. The van der Waals surface area contributed by atoms with Gasteiger partial charge in [0.15, 0.2) is 0 Å². The molecule has 0 spiro atoms. The zero-order chi connectivity index (χ0) is 9.12. The molecule has 0 aromatic heterocycles. The SMILES string of the molecule is CCC(C)(C)C(C)(CC)SC. The minimum absolute atomic E-state index is 0.446. The summed E-state index contributed by atoms with van der Waals surface area (Å²) in [5, 5.41) is 0. The van der Waals surface area contributed by atoms with E-state index in [4.69, 9.17) is 0 Å². The van der Waals surface area contributed by atoms with E-state index in [1.807, 2.05) is 11.8 Å². The first kappa shape index (κ1) is 11.4. The Hall–Kier alpha value is 0.350. The second-order valence-electron chi connectivity index (χ2n) is 4.03. The maximum absolute atomic E-state index is 2.38. The molecule has 0 rings (SSSR count). The summed E-state index contributed by atoms with van der Waals surface area (Å²) in [4.78, 5) is 0. The molecule has 0 aliphatic rings. The van der Waals surface area contributed by atoms with Gasteiger partial charge in [0.2, 0.25) is 0 Å². The average Bonchev–Trinajstić information content (AvgIpc) is 2.02. The Balaban J connectivity index is 4.47. The van der Waals surface area contributed by atoms with E-state index < -0.39 is 0 Å². The Bertz CT molecular complexity index is 112. The molecule has 0 saturated heterocycles. The predicted molar refractivity (Wildman–Crippen MR) is 56.3 cm³/mol. The summed E-state index contributed by atoms with van der Waals surface area (Å²) in [7, 11) is 0. The molecule has 11 heavy (non-hydrogen) atoms. The van der Waals surface area contributed by atoms with E-state index in [1.165, 1.54) is 12.8 Å². The van der Waals surface area contributed by atoms with E-state index in [1.54, 1.807) is 0 Å². The van der Waals surface area contributed by atoms with Crippen molar-refractivity contribution < 1.29 is 0 Å². The highest BCUT2D eigenvalue weighted by molar-refractivity contribution is 8.00. The third-order valence-electron chi connectivity index (χ3n) is 3.44. The van der Waals surface area contributed by atoms with Crippen LogP contribution in [0.3, 0.4) is 0 Å². The molecule has 0 amide bonds. The molecule has 0 aromatic rings. The van der Waals surface area contributed by atoms with Gasteiger partial charge in [-0.3, -0.25) is 0 Å². The minimum atomic E-state index is 0.446. The Morgan fingerprint density at radius 1 is 1.00 bits per heavy atom. The van der Waals surface area contributed by atoms with Crippen LogP contribution in [0, 0.1) is 5.41 Å². The molecule has 0 nitrogen and oxygen atoms in total. The monoisotopic (exact) mass is 174 g/mol. The fourth-order valence-electron chi connectivity index (χ4n) is 1.27. The van der Waals surface area contributed by atoms with E-state index in [-0.39, 0.29) is 0 Å². The lowest BCUT2D eigenvalue weighted by molar-refractivity contribution is 0.250. The molecule has 68 valence electrons. The smallest absolute Gasteiger partial charge is 0.0177 e. The van der Waals surface area contributed by atoms with Crippen LogP contribution in [-0.4, -0.2) is 11.0 Å². The first-order valence-electron chi connectivity index (χ1n) is 4.48. The lowest BCUT2D eigenvalue weighted by Gasteiger charge is -2.42. The molecular formula is C10H22S. The summed E-state index contributed by atoms with van der Waals surface area (Å²) >= 11 is 2.00. The Labute approximate surface area is 76.1 Å². The van der Waals surface area contributed by atoms with Crippen molar-refractivity contribution in [3.05, 3.63) is 0 Å². The Kier molecular flexibility index (Phi) is 3.96. The minimum Gasteiger partial charge on any atom is -0.158 e. The quantitative estimate of drug-likeness (QED) is 0.622. The normalized spacial score (nSPS) is 18.0. The van der Waals surface area contributed by atoms with Crippen LogP contribution in [0.2, 0.25) is 0 Å². The van der Waals surface area contributed by atoms with Gasteiger partial charge in [0.25, 0.3) is 0 Å². The van der Waals surface area contributed by atoms with Crippen LogP contribution in [0.4, 0.5) is 0 Å². The van der Waals surface area contributed by atoms with Crippen molar-refractivity contribution >= 4 is 11.8 Å². The van der Waals surface area contributed by atoms with Crippen molar-refractivity contribution in [1.82, 2.24) is 0 Å². The number of hydrogen-bond donors (Lipinski definition) is 0. The zero-order valence-corrected chi connectivity index (χ0v) is 9.64. The molecule has 0 heterocycles. The molecule has 1 atom stereocenters. The van der Waals surface area contributed by atoms with E-state index in [9.17, 15) is 0 Å². The van der Waals surface area contributed by atoms with E-state index in [0.717, 1.165) is 0 Å². The summed E-state index contributed by atoms with van der Waals surface area (Å²) in [6, 6.07) is 0. The molecule has 1 heteroatoms.